The molecule has 1 amide bonds. The van der Waals surface area contributed by atoms with Crippen molar-refractivity contribution in [1.29, 1.82) is 0 Å². The molecule has 2 aromatic carbocycles. The number of amides is 1. The molecule has 27 heavy (non-hydrogen) atoms. The Bertz CT molecular complexity index is 1060. The number of halogens is 1. The van der Waals surface area contributed by atoms with Crippen molar-refractivity contribution in [2.24, 2.45) is 0 Å². The van der Waals surface area contributed by atoms with Crippen LogP contribution in [0.3, 0.4) is 0 Å². The fourth-order valence-electron chi connectivity index (χ4n) is 2.57. The molecule has 2 N–H and O–H groups in total. The zero-order valence-corrected chi connectivity index (χ0v) is 14.1. The van der Waals surface area contributed by atoms with E-state index < -0.39 is 5.91 Å². The summed E-state index contributed by atoms with van der Waals surface area (Å²) in [5.41, 5.74) is 2.59. The van der Waals surface area contributed by atoms with Crippen LogP contribution in [0.25, 0.3) is 11.3 Å². The van der Waals surface area contributed by atoms with Gasteiger partial charge in [-0.25, -0.2) is 14.1 Å². The Morgan fingerprint density at radius 1 is 1.11 bits per heavy atom. The summed E-state index contributed by atoms with van der Waals surface area (Å²) in [5, 5.41) is 13.6. The molecule has 4 rings (SSSR count). The highest BCUT2D eigenvalue weighted by atomic mass is 19.1. The summed E-state index contributed by atoms with van der Waals surface area (Å²) in [6.45, 7) is 0.558. The molecule has 0 aliphatic carbocycles. The second kappa shape index (κ2) is 7.20. The minimum atomic E-state index is -0.409. The molecule has 0 aliphatic heterocycles. The average molecular weight is 362 g/mol. The van der Waals surface area contributed by atoms with Gasteiger partial charge < -0.3 is 0 Å². The molecular weight excluding hydrogens is 347 g/mol. The van der Waals surface area contributed by atoms with Gasteiger partial charge in [-0.3, -0.25) is 15.2 Å². The predicted octanol–water partition coefficient (Wildman–Crippen LogP) is 3.11. The Hall–Kier alpha value is -3.81. The summed E-state index contributed by atoms with van der Waals surface area (Å²) in [5.74, 6) is -0.536. The summed E-state index contributed by atoms with van der Waals surface area (Å²) in [6.07, 6.45) is 1.56. The second-order valence-corrected chi connectivity index (χ2v) is 5.88. The lowest BCUT2D eigenvalue weighted by molar-refractivity contribution is 0.102. The van der Waals surface area contributed by atoms with E-state index >= 15 is 0 Å². The van der Waals surface area contributed by atoms with Gasteiger partial charge in [0.25, 0.3) is 5.91 Å². The number of aromatic amines is 1. The van der Waals surface area contributed by atoms with E-state index in [1.165, 1.54) is 12.1 Å². The number of nitrogens with one attached hydrogen (secondary N) is 2. The highest BCUT2D eigenvalue weighted by Gasteiger charge is 2.13. The minimum Gasteiger partial charge on any atom is -0.288 e. The molecule has 2 aromatic heterocycles. The summed E-state index contributed by atoms with van der Waals surface area (Å²) < 4.78 is 14.7. The van der Waals surface area contributed by atoms with Crippen molar-refractivity contribution in [3.05, 3.63) is 84.1 Å². The number of carbonyl (C=O) groups excluding carboxylic acids is 1. The van der Waals surface area contributed by atoms with E-state index in [0.29, 0.717) is 17.8 Å². The number of nitrogens with zero attached hydrogens (tertiary/aromatic N) is 4. The Morgan fingerprint density at radius 3 is 2.67 bits per heavy atom. The van der Waals surface area contributed by atoms with Gasteiger partial charge in [-0.05, 0) is 35.9 Å². The fraction of sp³-hybridized carbons (Fsp3) is 0.0526. The molecule has 0 saturated heterocycles. The standard InChI is InChI=1S/C19H15FN6O/c20-15-8-6-14(7-9-15)16-10-17(24-23-16)18(27)22-19-21-12-26(25-19)11-13-4-2-1-3-5-13/h1-10,12H,11H2,(H,23,24)(H,22,25,27). The van der Waals surface area contributed by atoms with Crippen LogP contribution in [0, 0.1) is 5.82 Å². The van der Waals surface area contributed by atoms with E-state index in [1.54, 1.807) is 29.2 Å². The number of carbonyl (C=O) groups is 1. The number of hydrogen-bond acceptors (Lipinski definition) is 4. The molecule has 0 atom stereocenters. The van der Waals surface area contributed by atoms with Crippen LogP contribution in [0.4, 0.5) is 10.3 Å². The van der Waals surface area contributed by atoms with Crippen LogP contribution in [-0.2, 0) is 6.54 Å². The van der Waals surface area contributed by atoms with Crippen molar-refractivity contribution in [1.82, 2.24) is 25.0 Å². The van der Waals surface area contributed by atoms with Crippen molar-refractivity contribution in [3.63, 3.8) is 0 Å². The van der Waals surface area contributed by atoms with E-state index in [1.807, 2.05) is 30.3 Å². The third-order valence-electron chi connectivity index (χ3n) is 3.91. The van der Waals surface area contributed by atoms with Gasteiger partial charge in [0.2, 0.25) is 5.95 Å². The minimum absolute atomic E-state index is 0.203. The number of hydrogen-bond donors (Lipinski definition) is 2. The number of benzene rings is 2. The molecule has 0 saturated carbocycles. The highest BCUT2D eigenvalue weighted by molar-refractivity contribution is 6.02. The van der Waals surface area contributed by atoms with Gasteiger partial charge in [0.1, 0.15) is 17.8 Å². The summed E-state index contributed by atoms with van der Waals surface area (Å²) in [4.78, 5) is 16.4. The van der Waals surface area contributed by atoms with Gasteiger partial charge in [0, 0.05) is 5.56 Å². The van der Waals surface area contributed by atoms with Gasteiger partial charge >= 0.3 is 0 Å². The average Bonchev–Trinajstić information content (AvgIpc) is 3.33. The topological polar surface area (TPSA) is 88.5 Å². The lowest BCUT2D eigenvalue weighted by Crippen LogP contribution is -2.14. The molecule has 4 aromatic rings. The van der Waals surface area contributed by atoms with Gasteiger partial charge in [-0.2, -0.15) is 5.10 Å². The van der Waals surface area contributed by atoms with E-state index in [2.05, 4.69) is 25.6 Å². The summed E-state index contributed by atoms with van der Waals surface area (Å²) in [7, 11) is 0. The Balaban J connectivity index is 1.43. The van der Waals surface area contributed by atoms with Gasteiger partial charge in [-0.15, -0.1) is 5.10 Å². The number of rotatable bonds is 5. The van der Waals surface area contributed by atoms with Crippen molar-refractivity contribution >= 4 is 11.9 Å². The molecule has 0 radical (unpaired) electrons. The molecule has 0 unspecified atom stereocenters. The first-order chi connectivity index (χ1) is 13.2. The SMILES string of the molecule is O=C(Nc1ncn(Cc2ccccc2)n1)c1cc(-c2ccc(F)cc2)n[nH]1. The molecule has 134 valence electrons. The van der Waals surface area contributed by atoms with Gasteiger partial charge in [0.15, 0.2) is 0 Å². The van der Waals surface area contributed by atoms with Crippen LogP contribution in [0.15, 0.2) is 67.0 Å². The number of aromatic nitrogens is 5. The lowest BCUT2D eigenvalue weighted by atomic mass is 10.1. The lowest BCUT2D eigenvalue weighted by Gasteiger charge is -2.00. The molecule has 7 nitrogen and oxygen atoms in total. The van der Waals surface area contributed by atoms with E-state index in [-0.39, 0.29) is 17.5 Å². The van der Waals surface area contributed by atoms with E-state index in [0.717, 1.165) is 5.56 Å². The Kier molecular flexibility index (Phi) is 4.44. The maximum atomic E-state index is 13.0. The van der Waals surface area contributed by atoms with E-state index in [4.69, 9.17) is 0 Å². The molecule has 0 spiro atoms. The normalized spacial score (nSPS) is 10.7. The first-order valence-corrected chi connectivity index (χ1v) is 8.23. The van der Waals surface area contributed by atoms with Crippen LogP contribution in [0.2, 0.25) is 0 Å². The number of H-pyrrole nitrogens is 1. The largest absolute Gasteiger partial charge is 0.288 e. The zero-order chi connectivity index (χ0) is 18.6. The third-order valence-corrected chi connectivity index (χ3v) is 3.91. The van der Waals surface area contributed by atoms with Crippen LogP contribution >= 0.6 is 0 Å². The summed E-state index contributed by atoms with van der Waals surface area (Å²) >= 11 is 0. The summed E-state index contributed by atoms with van der Waals surface area (Å²) in [6, 6.07) is 17.3. The third kappa shape index (κ3) is 3.90. The van der Waals surface area contributed by atoms with Crippen LogP contribution in [-0.4, -0.2) is 30.9 Å². The molecule has 0 fully saturated rings. The van der Waals surface area contributed by atoms with Crippen molar-refractivity contribution < 1.29 is 9.18 Å². The van der Waals surface area contributed by atoms with Crippen molar-refractivity contribution in [2.45, 2.75) is 6.54 Å². The molecule has 2 heterocycles. The first kappa shape index (κ1) is 16.6. The second-order valence-electron chi connectivity index (χ2n) is 5.88. The maximum Gasteiger partial charge on any atom is 0.276 e. The van der Waals surface area contributed by atoms with Crippen molar-refractivity contribution in [3.8, 4) is 11.3 Å². The quantitative estimate of drug-likeness (QED) is 0.571. The monoisotopic (exact) mass is 362 g/mol. The first-order valence-electron chi connectivity index (χ1n) is 8.23. The Morgan fingerprint density at radius 2 is 1.89 bits per heavy atom. The fourth-order valence-corrected chi connectivity index (χ4v) is 2.57. The van der Waals surface area contributed by atoms with E-state index in [9.17, 15) is 9.18 Å². The molecular formula is C19H15FN6O. The Labute approximate surface area is 153 Å². The van der Waals surface area contributed by atoms with Gasteiger partial charge in [-0.1, -0.05) is 30.3 Å². The van der Waals surface area contributed by atoms with Crippen LogP contribution in [0.1, 0.15) is 16.1 Å². The van der Waals surface area contributed by atoms with Crippen molar-refractivity contribution in [2.75, 3.05) is 5.32 Å². The van der Waals surface area contributed by atoms with Crippen LogP contribution in [0.5, 0.6) is 0 Å². The maximum absolute atomic E-state index is 13.0. The molecule has 0 bridgehead atoms. The van der Waals surface area contributed by atoms with Crippen LogP contribution < -0.4 is 5.32 Å². The van der Waals surface area contributed by atoms with Gasteiger partial charge in [0.05, 0.1) is 12.2 Å². The predicted molar refractivity (Wildman–Crippen MR) is 97.5 cm³/mol. The zero-order valence-electron chi connectivity index (χ0n) is 14.1. The highest BCUT2D eigenvalue weighted by Crippen LogP contribution is 2.18. The number of anilines is 1. The molecule has 8 heteroatoms. The smallest absolute Gasteiger partial charge is 0.276 e. The molecule has 0 aliphatic rings.